The summed E-state index contributed by atoms with van der Waals surface area (Å²) in [5.74, 6) is -0.497. The molecule has 0 spiro atoms. The van der Waals surface area contributed by atoms with E-state index in [0.29, 0.717) is 27.7 Å². The van der Waals surface area contributed by atoms with Gasteiger partial charge in [-0.25, -0.2) is 9.10 Å². The van der Waals surface area contributed by atoms with Crippen molar-refractivity contribution in [1.82, 2.24) is 9.29 Å². The van der Waals surface area contributed by atoms with Gasteiger partial charge in [-0.05, 0) is 36.2 Å². The van der Waals surface area contributed by atoms with Crippen molar-refractivity contribution < 1.29 is 18.3 Å². The molecule has 1 unspecified atom stereocenters. The Hall–Kier alpha value is -1.51. The quantitative estimate of drug-likeness (QED) is 0.525. The number of ether oxygens (including phenoxy) is 1. The molecule has 0 aliphatic heterocycles. The lowest BCUT2D eigenvalue weighted by Crippen LogP contribution is -2.28. The van der Waals surface area contributed by atoms with Crippen molar-refractivity contribution in [2.75, 3.05) is 13.7 Å². The first-order valence-electron chi connectivity index (χ1n) is 7.22. The molecule has 1 aromatic heterocycles. The number of nitrogens with zero attached hydrogens (tertiary/aromatic N) is 2. The number of aromatic nitrogens is 1. The van der Waals surface area contributed by atoms with E-state index in [4.69, 9.17) is 23.2 Å². The molecule has 2 rings (SSSR count). The van der Waals surface area contributed by atoms with Crippen LogP contribution in [0.15, 0.2) is 36.5 Å². The Morgan fingerprint density at radius 1 is 1.28 bits per heavy atom. The number of methoxy groups -OCH3 is 1. The maximum Gasteiger partial charge on any atom is 0.339 e. The van der Waals surface area contributed by atoms with Gasteiger partial charge in [0.05, 0.1) is 35.0 Å². The van der Waals surface area contributed by atoms with Gasteiger partial charge < -0.3 is 9.29 Å². The highest BCUT2D eigenvalue weighted by molar-refractivity contribution is 7.76. The Morgan fingerprint density at radius 3 is 2.60 bits per heavy atom. The molecule has 134 valence electrons. The molecule has 0 aliphatic rings. The van der Waals surface area contributed by atoms with Gasteiger partial charge in [-0.3, -0.25) is 9.19 Å². The van der Waals surface area contributed by atoms with Gasteiger partial charge in [-0.2, -0.15) is 0 Å². The summed E-state index contributed by atoms with van der Waals surface area (Å²) in [7, 11) is 1.28. The van der Waals surface area contributed by atoms with Crippen molar-refractivity contribution in [3.8, 4) is 0 Å². The van der Waals surface area contributed by atoms with Crippen molar-refractivity contribution >= 4 is 40.4 Å². The van der Waals surface area contributed by atoms with Crippen molar-refractivity contribution in [1.29, 1.82) is 0 Å². The fourth-order valence-corrected chi connectivity index (χ4v) is 2.89. The second-order valence-electron chi connectivity index (χ2n) is 5.11. The Balaban J connectivity index is 2.01. The summed E-state index contributed by atoms with van der Waals surface area (Å²) in [6.45, 7) is 0.355. The third-order valence-corrected chi connectivity index (χ3v) is 4.90. The molecule has 9 heteroatoms. The van der Waals surface area contributed by atoms with Crippen LogP contribution < -0.4 is 0 Å². The van der Waals surface area contributed by atoms with Crippen molar-refractivity contribution in [3.63, 3.8) is 0 Å². The van der Waals surface area contributed by atoms with Crippen LogP contribution in [0.25, 0.3) is 0 Å². The van der Waals surface area contributed by atoms with Crippen LogP contribution in [0.3, 0.4) is 0 Å². The third-order valence-electron chi connectivity index (χ3n) is 3.43. The van der Waals surface area contributed by atoms with E-state index in [2.05, 4.69) is 9.72 Å². The zero-order valence-corrected chi connectivity index (χ0v) is 15.6. The molecule has 0 amide bonds. The SMILES string of the molecule is COC(=O)c1ccc(CN(CCc2ccc(Cl)c(Cl)c2)S(=O)[O-])nc1. The molecular weight excluding hydrogens is 387 g/mol. The van der Waals surface area contributed by atoms with Crippen molar-refractivity contribution in [3.05, 3.63) is 63.4 Å². The summed E-state index contributed by atoms with van der Waals surface area (Å²) < 4.78 is 28.7. The van der Waals surface area contributed by atoms with Crippen LogP contribution in [-0.2, 0) is 29.0 Å². The number of hydrogen-bond donors (Lipinski definition) is 0. The largest absolute Gasteiger partial charge is 0.760 e. The number of carbonyl (C=O) groups is 1. The second-order valence-corrected chi connectivity index (χ2v) is 6.87. The topological polar surface area (TPSA) is 82.6 Å². The molecule has 25 heavy (non-hydrogen) atoms. The fourth-order valence-electron chi connectivity index (χ4n) is 2.09. The second kappa shape index (κ2) is 9.26. The predicted molar refractivity (Wildman–Crippen MR) is 95.1 cm³/mol. The smallest absolute Gasteiger partial charge is 0.339 e. The first-order chi connectivity index (χ1) is 11.9. The van der Waals surface area contributed by atoms with Gasteiger partial charge in [0.1, 0.15) is 0 Å². The van der Waals surface area contributed by atoms with Gasteiger partial charge >= 0.3 is 5.97 Å². The average Bonchev–Trinajstić information content (AvgIpc) is 2.61. The van der Waals surface area contributed by atoms with Gasteiger partial charge in [-0.1, -0.05) is 29.3 Å². The lowest BCUT2D eigenvalue weighted by molar-refractivity contribution is 0.0600. The first kappa shape index (κ1) is 19.8. The molecule has 2 aromatic rings. The molecule has 0 radical (unpaired) electrons. The summed E-state index contributed by atoms with van der Waals surface area (Å²) in [6.07, 6.45) is 1.83. The van der Waals surface area contributed by atoms with E-state index in [0.717, 1.165) is 5.56 Å². The summed E-state index contributed by atoms with van der Waals surface area (Å²) in [5.41, 5.74) is 1.70. The molecule has 1 heterocycles. The monoisotopic (exact) mass is 401 g/mol. The van der Waals surface area contributed by atoms with E-state index in [1.54, 1.807) is 30.3 Å². The Morgan fingerprint density at radius 2 is 2.04 bits per heavy atom. The molecule has 0 saturated heterocycles. The highest BCUT2D eigenvalue weighted by Crippen LogP contribution is 2.23. The molecule has 0 fully saturated rings. The summed E-state index contributed by atoms with van der Waals surface area (Å²) >= 11 is 9.41. The van der Waals surface area contributed by atoms with E-state index < -0.39 is 17.2 Å². The van der Waals surface area contributed by atoms with Crippen LogP contribution >= 0.6 is 23.2 Å². The van der Waals surface area contributed by atoms with Crippen LogP contribution in [0.1, 0.15) is 21.6 Å². The summed E-state index contributed by atoms with van der Waals surface area (Å²) in [4.78, 5) is 15.5. The zero-order chi connectivity index (χ0) is 18.4. The highest BCUT2D eigenvalue weighted by Gasteiger charge is 2.11. The van der Waals surface area contributed by atoms with Gasteiger partial charge in [0.25, 0.3) is 0 Å². The number of benzene rings is 1. The minimum atomic E-state index is -2.41. The number of halogens is 2. The number of pyridine rings is 1. The van der Waals surface area contributed by atoms with Crippen LogP contribution in [0.5, 0.6) is 0 Å². The fraction of sp³-hybridized carbons (Fsp3) is 0.250. The van der Waals surface area contributed by atoms with E-state index in [-0.39, 0.29) is 13.1 Å². The van der Waals surface area contributed by atoms with Crippen LogP contribution in [0, 0.1) is 0 Å². The zero-order valence-electron chi connectivity index (χ0n) is 13.3. The first-order valence-corrected chi connectivity index (χ1v) is 9.01. The van der Waals surface area contributed by atoms with E-state index >= 15 is 0 Å². The molecule has 0 bridgehead atoms. The van der Waals surface area contributed by atoms with Gasteiger partial charge in [0, 0.05) is 24.0 Å². The number of carbonyl (C=O) groups excluding carboxylic acids is 1. The molecule has 1 atom stereocenters. The van der Waals surface area contributed by atoms with Gasteiger partial charge in [-0.15, -0.1) is 0 Å². The lowest BCUT2D eigenvalue weighted by atomic mass is 10.1. The molecule has 0 aliphatic carbocycles. The van der Waals surface area contributed by atoms with E-state index in [9.17, 15) is 13.6 Å². The standard InChI is InChI=1S/C16H16Cl2N2O4S/c1-24-16(21)12-3-4-13(19-9-12)10-20(25(22)23)7-6-11-2-5-14(17)15(18)8-11/h2-5,8-9H,6-7,10H2,1H3,(H,22,23)/p-1. The maximum absolute atomic E-state index is 11.4. The Bertz CT molecular complexity index is 771. The minimum absolute atomic E-state index is 0.0961. The number of hydrogen-bond acceptors (Lipinski definition) is 5. The molecule has 1 aromatic carbocycles. The summed E-state index contributed by atoms with van der Waals surface area (Å²) in [5, 5.41) is 0.874. The lowest BCUT2D eigenvalue weighted by Gasteiger charge is -2.23. The van der Waals surface area contributed by atoms with Crippen molar-refractivity contribution in [2.24, 2.45) is 0 Å². The van der Waals surface area contributed by atoms with Gasteiger partial charge in [0.2, 0.25) is 0 Å². The predicted octanol–water partition coefficient (Wildman–Crippen LogP) is 3.01. The Labute approximate surface area is 158 Å². The van der Waals surface area contributed by atoms with Crippen LogP contribution in [0.2, 0.25) is 10.0 Å². The third kappa shape index (κ3) is 5.76. The normalized spacial score (nSPS) is 12.2. The average molecular weight is 402 g/mol. The number of esters is 1. The van der Waals surface area contributed by atoms with Crippen LogP contribution in [0.4, 0.5) is 0 Å². The minimum Gasteiger partial charge on any atom is -0.760 e. The maximum atomic E-state index is 11.4. The number of rotatable bonds is 7. The van der Waals surface area contributed by atoms with E-state index in [1.807, 2.05) is 0 Å². The summed E-state index contributed by atoms with van der Waals surface area (Å²) in [6, 6.07) is 8.30. The molecule has 6 nitrogen and oxygen atoms in total. The Kier molecular flexibility index (Phi) is 7.34. The van der Waals surface area contributed by atoms with Crippen LogP contribution in [-0.4, -0.2) is 37.7 Å². The molecular formula is C16H15Cl2N2O4S-. The highest BCUT2D eigenvalue weighted by atomic mass is 35.5. The molecule has 0 saturated carbocycles. The van der Waals surface area contributed by atoms with Crippen molar-refractivity contribution in [2.45, 2.75) is 13.0 Å². The van der Waals surface area contributed by atoms with E-state index in [1.165, 1.54) is 17.6 Å². The molecule has 0 N–H and O–H groups in total. The van der Waals surface area contributed by atoms with Gasteiger partial charge in [0.15, 0.2) is 0 Å².